The number of aliphatic carboxylic acids is 4. The molecule has 0 spiro atoms. The Morgan fingerprint density at radius 1 is 0.586 bits per heavy atom. The number of primary amides is 1. The summed E-state index contributed by atoms with van der Waals surface area (Å²) in [6, 6.07) is -16.6. The van der Waals surface area contributed by atoms with Crippen LogP contribution in [0.1, 0.15) is 130 Å². The number of cyclic esters (lactones) is 1. The first-order valence-electron chi connectivity index (χ1n) is 37.4. The molecule has 5 rings (SSSR count). The van der Waals surface area contributed by atoms with Crippen LogP contribution in [0, 0.1) is 11.8 Å². The van der Waals surface area contributed by atoms with Crippen LogP contribution in [0.5, 0.6) is 0 Å². The highest BCUT2D eigenvalue weighted by Gasteiger charge is 2.44. The van der Waals surface area contributed by atoms with Gasteiger partial charge in [-0.3, -0.25) is 91.1 Å². The number of aromatic nitrogens is 1. The summed E-state index contributed by atoms with van der Waals surface area (Å²) in [5.41, 5.74) is 11.8. The van der Waals surface area contributed by atoms with E-state index in [4.69, 9.17) is 16.2 Å². The maximum absolute atomic E-state index is 15.1. The normalized spacial score (nSPS) is 23.4. The topological polar surface area (TPSA) is 688 Å². The molecule has 3 heterocycles. The van der Waals surface area contributed by atoms with Crippen LogP contribution in [0.2, 0.25) is 0 Å². The monoisotopic (exact) mass is 1630 g/mol. The van der Waals surface area contributed by atoms with Crippen LogP contribution in [0.4, 0.5) is 0 Å². The van der Waals surface area contributed by atoms with Gasteiger partial charge >= 0.3 is 29.8 Å². The molecule has 14 amide bonds. The Morgan fingerprint density at radius 2 is 1.16 bits per heavy atom. The van der Waals surface area contributed by atoms with Crippen molar-refractivity contribution in [1.29, 1.82) is 0 Å². The first-order valence-corrected chi connectivity index (χ1v) is 37.4. The van der Waals surface area contributed by atoms with E-state index in [0.29, 0.717) is 29.3 Å². The molecule has 24 N–H and O–H groups in total. The van der Waals surface area contributed by atoms with Gasteiger partial charge in [-0.2, -0.15) is 0 Å². The van der Waals surface area contributed by atoms with Gasteiger partial charge < -0.3 is 121 Å². The molecule has 2 unspecified atom stereocenters. The van der Waals surface area contributed by atoms with Crippen LogP contribution in [0.15, 0.2) is 66.5 Å². The van der Waals surface area contributed by atoms with E-state index in [1.165, 1.54) is 12.2 Å². The summed E-state index contributed by atoms with van der Waals surface area (Å²) in [6.45, 7) is 1.17. The van der Waals surface area contributed by atoms with Crippen molar-refractivity contribution in [2.45, 2.75) is 209 Å². The molecule has 15 atom stereocenters. The van der Waals surface area contributed by atoms with Gasteiger partial charge in [-0.05, 0) is 57.2 Å². The number of allylic oxidation sites excluding steroid dienone is 2. The first kappa shape index (κ1) is 93.9. The third kappa shape index (κ3) is 30.0. The Labute approximate surface area is 663 Å². The molecule has 1 fully saturated rings. The van der Waals surface area contributed by atoms with E-state index in [9.17, 15) is 117 Å². The molecule has 116 heavy (non-hydrogen) atoms. The van der Waals surface area contributed by atoms with E-state index in [0.717, 1.165) is 59.1 Å². The number of esters is 1. The Kier molecular flexibility index (Phi) is 37.6. The molecule has 0 bridgehead atoms. The second kappa shape index (κ2) is 46.5. The van der Waals surface area contributed by atoms with Gasteiger partial charge in [-0.1, -0.05) is 94.9 Å². The van der Waals surface area contributed by atoms with Gasteiger partial charge in [-0.25, -0.2) is 4.79 Å². The second-order valence-corrected chi connectivity index (χ2v) is 27.9. The number of ether oxygens (including phenoxy) is 1. The fourth-order valence-electron chi connectivity index (χ4n) is 12.4. The lowest BCUT2D eigenvalue weighted by molar-refractivity contribution is -0.156. The number of hydrogen-bond acceptors (Lipinski definition) is 24. The van der Waals surface area contributed by atoms with Crippen LogP contribution in [0.3, 0.4) is 0 Å². The number of unbranched alkanes of at least 4 members (excludes halogenated alkanes) is 6. The molecule has 2 aromatic rings. The van der Waals surface area contributed by atoms with Crippen LogP contribution in [0.25, 0.3) is 10.9 Å². The first-order chi connectivity index (χ1) is 54.9. The number of nitrogens with one attached hydrogen (secondary N) is 15. The Bertz CT molecular complexity index is 4090. The largest absolute Gasteiger partial charge is 0.481 e. The predicted octanol–water partition coefficient (Wildman–Crippen LogP) is -6.31. The minimum atomic E-state index is -2.45. The highest BCUT2D eigenvalue weighted by atomic mass is 16.5. The van der Waals surface area contributed by atoms with Crippen LogP contribution in [-0.2, 0) is 107 Å². The van der Waals surface area contributed by atoms with Gasteiger partial charge in [0.15, 0.2) is 11.8 Å². The van der Waals surface area contributed by atoms with E-state index in [2.05, 4.69) is 70.4 Å². The zero-order valence-electron chi connectivity index (χ0n) is 64.0. The van der Waals surface area contributed by atoms with Crippen molar-refractivity contribution in [2.75, 3.05) is 26.2 Å². The highest BCUT2D eigenvalue weighted by molar-refractivity contribution is 6.08. The number of Topliss-reactive ketones (excluding diaryl/α,β-unsaturated/α-hetero) is 1. The SMILES string of the molecule is CCCCCCCCCC(=O)N[C@@H](Cc1c[nH]c2ccccc12)C(=O)N[C@H](CC(N)=O)C(=O)N[C@@H](CC(=O)O)C(=O)N[C@@H]1C(=O)NCC(=O)N[C@@H](CCCN)C(=O)N[C@@H](CC(=O)O)C(=O)N[C@H](C)C(=O)N[C@@H](CC(=O)O)C(=O)NCC(=O)N[C@H](CO)C(=O)N[C@@H]([C@H](C)CC(=O)O)C(=O)N[C@@H](C2=CNC3C=CC=CC3C2=O)C(=O)O[C@@H]1C. The molecule has 1 saturated heterocycles. The molecule has 2 aliphatic heterocycles. The van der Waals surface area contributed by atoms with Gasteiger partial charge in [0.1, 0.15) is 66.5 Å². The van der Waals surface area contributed by atoms with E-state index in [1.54, 1.807) is 42.6 Å². The number of ketones is 1. The molecule has 0 saturated carbocycles. The Balaban J connectivity index is 1.61. The van der Waals surface area contributed by atoms with E-state index in [-0.39, 0.29) is 32.2 Å². The number of aliphatic hydroxyl groups is 1. The van der Waals surface area contributed by atoms with Crippen LogP contribution >= 0.6 is 0 Å². The third-order valence-corrected chi connectivity index (χ3v) is 18.6. The average molecular weight is 1630 g/mol. The van der Waals surface area contributed by atoms with Crippen LogP contribution < -0.4 is 85.9 Å². The summed E-state index contributed by atoms with van der Waals surface area (Å²) in [7, 11) is 0. The number of benzene rings is 1. The number of aromatic amines is 1. The van der Waals surface area contributed by atoms with Gasteiger partial charge in [0.05, 0.1) is 63.8 Å². The Hall–Kier alpha value is -12.7. The van der Waals surface area contributed by atoms with Crippen molar-refractivity contribution in [3.05, 3.63) is 72.1 Å². The number of aliphatic hydroxyl groups excluding tert-OH is 1. The number of amides is 14. The zero-order chi connectivity index (χ0) is 86.0. The molecule has 1 aromatic heterocycles. The standard InChI is InChI=1S/C73H101N17O26/c1-5-6-7-8-9-10-11-22-52(93)82-45(25-38-30-76-42-19-14-12-17-39(38)42)67(109)85-46(26-51(75)92)68(110)87-49(29-58(102)103)69(111)89-60-37(4)116-73(115)61(41-31-77-43-20-15-13-18-40(43)62(41)104)90-72(114)59(35(2)24-55(96)97)88-70(112)50(34-91)83-54(95)32-78-64(106)47(27-56(98)99)84-63(105)36(3)80-66(108)48(28-57(100)101)86-65(107)44(21-16-23-74)81-53(94)33-79-71(60)113/h12-15,17-20,30-31,35-37,40,43-50,59-61,76-77,91H,5-11,16,21-29,32-34,74H2,1-4H3,(H2,75,92)(H,78,106)(H,79,113)(H,80,108)(H,81,94)(H,82,93)(H,83,95)(H,84,105)(H,85,109)(H,86,107)(H,87,110)(H,88,112)(H,89,111)(H,90,114)(H,96,97)(H,98,99)(H,100,101)(H,102,103)/t35-,36-,37-,40?,43?,44+,45+,46-,47+,48+,49+,50-,59+,60+,61+/m1/s1. The average Bonchev–Trinajstić information content (AvgIpc) is 1.32. The summed E-state index contributed by atoms with van der Waals surface area (Å²) < 4.78 is 5.78. The minimum Gasteiger partial charge on any atom is -0.481 e. The molecule has 43 heteroatoms. The third-order valence-electron chi connectivity index (χ3n) is 18.6. The van der Waals surface area contributed by atoms with Gasteiger partial charge in [0.2, 0.25) is 82.7 Å². The lowest BCUT2D eigenvalue weighted by Crippen LogP contribution is -2.62. The van der Waals surface area contributed by atoms with E-state index < -0.39 is 266 Å². The van der Waals surface area contributed by atoms with E-state index >= 15 is 4.79 Å². The highest BCUT2D eigenvalue weighted by Crippen LogP contribution is 2.26. The number of hydrogen-bond donors (Lipinski definition) is 22. The maximum atomic E-state index is 15.1. The van der Waals surface area contributed by atoms with Gasteiger partial charge in [0.25, 0.3) is 0 Å². The summed E-state index contributed by atoms with van der Waals surface area (Å²) in [5.74, 6) is -30.7. The lowest BCUT2D eigenvalue weighted by atomic mass is 9.83. The number of rotatable bonds is 33. The molecule has 1 aliphatic carbocycles. The van der Waals surface area contributed by atoms with Crippen molar-refractivity contribution < 1.29 is 126 Å². The summed E-state index contributed by atoms with van der Waals surface area (Å²) >= 11 is 0. The molecule has 634 valence electrons. The fraction of sp³-hybridized carbons (Fsp3) is 0.534. The summed E-state index contributed by atoms with van der Waals surface area (Å²) in [5, 5.41) is 81.9. The Morgan fingerprint density at radius 3 is 1.78 bits per heavy atom. The molecule has 1 aromatic carbocycles. The number of carboxylic acid groups (broad SMARTS) is 4. The number of carbonyl (C=O) groups excluding carboxylic acids is 16. The maximum Gasteiger partial charge on any atom is 0.333 e. The number of carbonyl (C=O) groups is 20. The van der Waals surface area contributed by atoms with Gasteiger partial charge in [-0.15, -0.1) is 0 Å². The fourth-order valence-corrected chi connectivity index (χ4v) is 12.4. The molecule has 3 aliphatic rings. The van der Waals surface area contributed by atoms with Crippen molar-refractivity contribution in [1.82, 2.24) is 79.4 Å². The minimum absolute atomic E-state index is 0.0162. The predicted molar refractivity (Wildman–Crippen MR) is 402 cm³/mol. The van der Waals surface area contributed by atoms with Gasteiger partial charge in [0, 0.05) is 41.7 Å². The number of nitrogens with two attached hydrogens (primary N) is 2. The molecular formula is C73H101N17O26. The number of H-pyrrole nitrogens is 1. The zero-order valence-corrected chi connectivity index (χ0v) is 64.0. The van der Waals surface area contributed by atoms with Crippen molar-refractivity contribution in [2.24, 2.45) is 23.3 Å². The van der Waals surface area contributed by atoms with Crippen LogP contribution in [-0.4, -0.2) is 254 Å². The molecular weight excluding hydrogens is 1530 g/mol. The number of carboxylic acids is 4. The number of fused-ring (bicyclic) bond motifs is 2. The molecule has 43 nitrogen and oxygen atoms in total. The quantitative estimate of drug-likeness (QED) is 0.0233. The van der Waals surface area contributed by atoms with Crippen molar-refractivity contribution >= 4 is 129 Å². The lowest BCUT2D eigenvalue weighted by Gasteiger charge is -2.34. The second-order valence-electron chi connectivity index (χ2n) is 27.9. The van der Waals surface area contributed by atoms with E-state index in [1.807, 2.05) is 16.0 Å². The summed E-state index contributed by atoms with van der Waals surface area (Å²) in [4.78, 5) is 278. The number of para-hydroxylation sites is 1. The van der Waals surface area contributed by atoms with Crippen molar-refractivity contribution in [3.8, 4) is 0 Å². The summed E-state index contributed by atoms with van der Waals surface area (Å²) in [6.07, 6.45) is 5.79. The van der Waals surface area contributed by atoms with Crippen molar-refractivity contribution in [3.63, 3.8) is 0 Å². The molecule has 0 radical (unpaired) electrons. The smallest absolute Gasteiger partial charge is 0.333 e.